The van der Waals surface area contributed by atoms with Crippen LogP contribution in [0, 0.1) is 0 Å². The summed E-state index contributed by atoms with van der Waals surface area (Å²) in [6.45, 7) is 3.91. The van der Waals surface area contributed by atoms with E-state index in [1.807, 2.05) is 29.2 Å². The van der Waals surface area contributed by atoms with Gasteiger partial charge in [-0.2, -0.15) is 0 Å². The molecule has 122 valence electrons. The summed E-state index contributed by atoms with van der Waals surface area (Å²) in [6.07, 6.45) is 3.42. The van der Waals surface area contributed by atoms with Gasteiger partial charge in [-0.25, -0.2) is 9.97 Å². The second-order valence-corrected chi connectivity index (χ2v) is 5.59. The summed E-state index contributed by atoms with van der Waals surface area (Å²) in [4.78, 5) is 22.7. The van der Waals surface area contributed by atoms with Crippen molar-refractivity contribution < 1.29 is 14.3 Å². The van der Waals surface area contributed by atoms with Gasteiger partial charge in [-0.15, -0.1) is 0 Å². The molecule has 6 nitrogen and oxygen atoms in total. The molecule has 23 heavy (non-hydrogen) atoms. The van der Waals surface area contributed by atoms with E-state index in [0.29, 0.717) is 25.6 Å². The molecule has 1 atom stereocenters. The lowest BCUT2D eigenvalue weighted by Crippen LogP contribution is -2.50. The molecule has 0 bridgehead atoms. The molecule has 0 aliphatic carbocycles. The van der Waals surface area contributed by atoms with Crippen molar-refractivity contribution in [3.8, 4) is 5.88 Å². The van der Waals surface area contributed by atoms with E-state index < -0.39 is 0 Å². The molecule has 0 radical (unpaired) electrons. The third-order valence-electron chi connectivity index (χ3n) is 4.01. The number of para-hydroxylation sites is 1. The molecule has 1 aromatic carbocycles. The van der Waals surface area contributed by atoms with Gasteiger partial charge >= 0.3 is 0 Å². The minimum atomic E-state index is -0.0190. The lowest BCUT2D eigenvalue weighted by atomic mass is 10.1. The van der Waals surface area contributed by atoms with E-state index in [2.05, 4.69) is 16.9 Å². The number of rotatable bonds is 5. The van der Waals surface area contributed by atoms with Crippen LogP contribution in [-0.4, -0.2) is 53.2 Å². The highest BCUT2D eigenvalue weighted by atomic mass is 16.5. The van der Waals surface area contributed by atoms with E-state index in [4.69, 9.17) is 9.47 Å². The topological polar surface area (TPSA) is 64.5 Å². The van der Waals surface area contributed by atoms with Crippen molar-refractivity contribution in [1.29, 1.82) is 0 Å². The smallest absolute Gasteiger partial charge is 0.260 e. The molecule has 0 saturated carbocycles. The summed E-state index contributed by atoms with van der Waals surface area (Å²) in [7, 11) is 0. The van der Waals surface area contributed by atoms with Crippen molar-refractivity contribution in [3.63, 3.8) is 0 Å². The maximum atomic E-state index is 12.5. The number of aromatic nitrogens is 2. The van der Waals surface area contributed by atoms with Gasteiger partial charge in [0, 0.05) is 6.54 Å². The minimum Gasteiger partial charge on any atom is -0.467 e. The Labute approximate surface area is 135 Å². The zero-order valence-electron chi connectivity index (χ0n) is 13.3. The van der Waals surface area contributed by atoms with E-state index in [0.717, 1.165) is 23.7 Å². The molecule has 1 aliphatic rings. The number of fused-ring (bicyclic) bond motifs is 1. The molecular formula is C17H21N3O3. The highest BCUT2D eigenvalue weighted by Gasteiger charge is 2.26. The van der Waals surface area contributed by atoms with Crippen LogP contribution in [0.15, 0.2) is 30.6 Å². The first-order valence-electron chi connectivity index (χ1n) is 7.99. The molecule has 0 N–H and O–H groups in total. The number of ether oxygens (including phenoxy) is 2. The summed E-state index contributed by atoms with van der Waals surface area (Å²) >= 11 is 0. The van der Waals surface area contributed by atoms with Crippen LogP contribution < -0.4 is 4.74 Å². The van der Waals surface area contributed by atoms with Gasteiger partial charge in [0.15, 0.2) is 6.61 Å². The second-order valence-electron chi connectivity index (χ2n) is 5.59. The third-order valence-corrected chi connectivity index (χ3v) is 4.01. The quantitative estimate of drug-likeness (QED) is 0.845. The van der Waals surface area contributed by atoms with Crippen molar-refractivity contribution in [2.24, 2.45) is 0 Å². The predicted octanol–water partition coefficient (Wildman–Crippen LogP) is 2.04. The molecule has 2 heterocycles. The first-order chi connectivity index (χ1) is 11.3. The van der Waals surface area contributed by atoms with Crippen molar-refractivity contribution in [3.05, 3.63) is 30.6 Å². The molecule has 3 rings (SSSR count). The summed E-state index contributed by atoms with van der Waals surface area (Å²) in [5.74, 6) is 0.429. The number of hydrogen-bond donors (Lipinski definition) is 0. The number of carbonyl (C=O) groups excluding carboxylic acids is 1. The Morgan fingerprint density at radius 3 is 3.13 bits per heavy atom. The Morgan fingerprint density at radius 2 is 2.26 bits per heavy atom. The van der Waals surface area contributed by atoms with Gasteiger partial charge < -0.3 is 14.4 Å². The molecule has 1 saturated heterocycles. The lowest BCUT2D eigenvalue weighted by Gasteiger charge is -2.35. The van der Waals surface area contributed by atoms with E-state index in [1.54, 1.807) is 0 Å². The first kappa shape index (κ1) is 15.7. The standard InChI is InChI=1S/C17H21N3O3/c1-2-5-13-10-22-9-8-20(13)16(21)11-23-17-14-6-3-4-7-15(14)18-12-19-17/h3-4,6-7,12-13H,2,5,8-11H2,1H3/t13-/m1/s1. The number of amides is 1. The van der Waals surface area contributed by atoms with Gasteiger partial charge in [-0.1, -0.05) is 25.5 Å². The van der Waals surface area contributed by atoms with Gasteiger partial charge in [-0.05, 0) is 18.6 Å². The maximum Gasteiger partial charge on any atom is 0.260 e. The Hall–Kier alpha value is -2.21. The van der Waals surface area contributed by atoms with Crippen molar-refractivity contribution in [1.82, 2.24) is 14.9 Å². The zero-order valence-corrected chi connectivity index (χ0v) is 13.3. The third kappa shape index (κ3) is 3.59. The van der Waals surface area contributed by atoms with Gasteiger partial charge in [0.05, 0.1) is 30.2 Å². The summed E-state index contributed by atoms with van der Waals surface area (Å²) in [6, 6.07) is 7.74. The number of nitrogens with zero attached hydrogens (tertiary/aromatic N) is 3. The predicted molar refractivity (Wildman–Crippen MR) is 86.3 cm³/mol. The fourth-order valence-corrected chi connectivity index (χ4v) is 2.86. The van der Waals surface area contributed by atoms with Crippen LogP contribution in [0.3, 0.4) is 0 Å². The second kappa shape index (κ2) is 7.37. The molecule has 1 aliphatic heterocycles. The number of hydrogen-bond acceptors (Lipinski definition) is 5. The molecule has 2 aromatic rings. The van der Waals surface area contributed by atoms with E-state index in [1.165, 1.54) is 6.33 Å². The van der Waals surface area contributed by atoms with Crippen LogP contribution in [0.4, 0.5) is 0 Å². The normalized spacial score (nSPS) is 18.1. The van der Waals surface area contributed by atoms with Gasteiger partial charge in [0.25, 0.3) is 5.91 Å². The fourth-order valence-electron chi connectivity index (χ4n) is 2.86. The van der Waals surface area contributed by atoms with Gasteiger partial charge in [0.1, 0.15) is 6.33 Å². The Bertz CT molecular complexity index is 670. The Morgan fingerprint density at radius 1 is 1.39 bits per heavy atom. The minimum absolute atomic E-state index is 0.0127. The highest BCUT2D eigenvalue weighted by molar-refractivity contribution is 5.84. The molecule has 1 fully saturated rings. The largest absolute Gasteiger partial charge is 0.467 e. The SMILES string of the molecule is CCC[C@@H]1COCCN1C(=O)COc1ncnc2ccccc12. The number of benzene rings is 1. The average Bonchev–Trinajstić information content (AvgIpc) is 2.60. The molecule has 1 aromatic heterocycles. The van der Waals surface area contributed by atoms with Crippen LogP contribution in [0.5, 0.6) is 5.88 Å². The highest BCUT2D eigenvalue weighted by Crippen LogP contribution is 2.21. The first-order valence-corrected chi connectivity index (χ1v) is 7.99. The lowest BCUT2D eigenvalue weighted by molar-refractivity contribution is -0.142. The summed E-state index contributed by atoms with van der Waals surface area (Å²) in [5, 5.41) is 0.815. The van der Waals surface area contributed by atoms with E-state index in [9.17, 15) is 4.79 Å². The summed E-state index contributed by atoms with van der Waals surface area (Å²) < 4.78 is 11.2. The number of carbonyl (C=O) groups is 1. The van der Waals surface area contributed by atoms with Crippen LogP contribution in [0.25, 0.3) is 10.9 Å². The van der Waals surface area contributed by atoms with Crippen LogP contribution in [0.2, 0.25) is 0 Å². The van der Waals surface area contributed by atoms with E-state index in [-0.39, 0.29) is 18.6 Å². The molecule has 0 unspecified atom stereocenters. The summed E-state index contributed by atoms with van der Waals surface area (Å²) in [5.41, 5.74) is 0.806. The van der Waals surface area contributed by atoms with E-state index >= 15 is 0 Å². The van der Waals surface area contributed by atoms with Crippen LogP contribution >= 0.6 is 0 Å². The van der Waals surface area contributed by atoms with Crippen molar-refractivity contribution >= 4 is 16.8 Å². The average molecular weight is 315 g/mol. The van der Waals surface area contributed by atoms with Crippen LogP contribution in [0.1, 0.15) is 19.8 Å². The van der Waals surface area contributed by atoms with Gasteiger partial charge in [-0.3, -0.25) is 4.79 Å². The zero-order chi connectivity index (χ0) is 16.1. The fraction of sp³-hybridized carbons (Fsp3) is 0.471. The Balaban J connectivity index is 1.68. The molecular weight excluding hydrogens is 294 g/mol. The molecule has 1 amide bonds. The Kier molecular flexibility index (Phi) is 5.02. The molecule has 6 heteroatoms. The van der Waals surface area contributed by atoms with Crippen molar-refractivity contribution in [2.45, 2.75) is 25.8 Å². The monoisotopic (exact) mass is 315 g/mol. The molecule has 0 spiro atoms. The van der Waals surface area contributed by atoms with Crippen molar-refractivity contribution in [2.75, 3.05) is 26.4 Å². The maximum absolute atomic E-state index is 12.5. The van der Waals surface area contributed by atoms with Gasteiger partial charge in [0.2, 0.25) is 5.88 Å². The van der Waals surface area contributed by atoms with Crippen LogP contribution in [-0.2, 0) is 9.53 Å². The number of morpholine rings is 1.